The predicted octanol–water partition coefficient (Wildman–Crippen LogP) is 5.05. The highest BCUT2D eigenvalue weighted by atomic mass is 19.1. The minimum absolute atomic E-state index is 0.196. The van der Waals surface area contributed by atoms with E-state index >= 15 is 0 Å². The van der Waals surface area contributed by atoms with Crippen molar-refractivity contribution in [3.63, 3.8) is 0 Å². The van der Waals surface area contributed by atoms with E-state index in [-0.39, 0.29) is 23.7 Å². The van der Waals surface area contributed by atoms with Gasteiger partial charge < -0.3 is 25.6 Å². The predicted molar refractivity (Wildman–Crippen MR) is 244 cm³/mol. The number of fused-ring (bicyclic) bond motifs is 2. The number of hydrogen-bond acceptors (Lipinski definition) is 12. The van der Waals surface area contributed by atoms with E-state index < -0.39 is 30.1 Å². The molecule has 3 fully saturated rings. The van der Waals surface area contributed by atoms with Crippen LogP contribution in [0.1, 0.15) is 41.4 Å². The molecule has 0 bridgehead atoms. The first-order valence-electron chi connectivity index (χ1n) is 21.6. The standard InChI is InChI=1S/C47H47FN12O5/c1-49-36-23-41(55-60-40(25-51-44(36)60)46(63)53-35-22-32(35)48)52-34-6-4-5-31(43(34)65-3)33-13-7-27(24-50-33)26-57-17-19-58(20-18-57)30-11-8-28(9-12-30)29-10-14-37-39(21-29)56(2)47(64)59(37)38-15-16-42(61)54-45(38)62/h4-14,21,23-25,32,35,38,49H,15-20,22,26H2,1-3H3,(H,52,55)(H,53,63)(H,54,61,62)/t32-,35+,38?/m0/s1. The lowest BCUT2D eigenvalue weighted by atomic mass is 10.0. The van der Waals surface area contributed by atoms with Gasteiger partial charge in [0.25, 0.3) is 5.91 Å². The number of halogens is 1. The molecule has 4 N–H and O–H groups in total. The molecule has 7 aromatic rings. The Morgan fingerprint density at radius 3 is 2.40 bits per heavy atom. The number of ether oxygens (including phenoxy) is 1. The fraction of sp³-hybridized carbons (Fsp3) is 0.298. The Kier molecular flexibility index (Phi) is 10.7. The molecule has 2 aliphatic heterocycles. The number of piperazine rings is 1. The number of pyridine rings is 1. The number of hydrogen-bond donors (Lipinski definition) is 4. The van der Waals surface area contributed by atoms with Crippen molar-refractivity contribution in [3.05, 3.63) is 113 Å². The van der Waals surface area contributed by atoms with Crippen LogP contribution in [0, 0.1) is 0 Å². The molecule has 332 valence electrons. The van der Waals surface area contributed by atoms with Gasteiger partial charge in [-0.2, -0.15) is 0 Å². The fourth-order valence-electron chi connectivity index (χ4n) is 8.86. The molecule has 1 unspecified atom stereocenters. The summed E-state index contributed by atoms with van der Waals surface area (Å²) in [4.78, 5) is 64.6. The number of anilines is 4. The number of rotatable bonds is 12. The van der Waals surface area contributed by atoms with Crippen molar-refractivity contribution in [2.24, 2.45) is 7.05 Å². The maximum atomic E-state index is 13.5. The van der Waals surface area contributed by atoms with E-state index in [1.54, 1.807) is 31.8 Å². The second-order valence-corrected chi connectivity index (χ2v) is 16.7. The van der Waals surface area contributed by atoms with Crippen LogP contribution in [0.4, 0.5) is 27.3 Å². The van der Waals surface area contributed by atoms with Crippen molar-refractivity contribution in [3.8, 4) is 28.1 Å². The lowest BCUT2D eigenvalue weighted by molar-refractivity contribution is -0.135. The quantitative estimate of drug-likeness (QED) is 0.120. The number of imidazole rings is 2. The smallest absolute Gasteiger partial charge is 0.329 e. The Labute approximate surface area is 372 Å². The molecule has 2 saturated heterocycles. The van der Waals surface area contributed by atoms with Gasteiger partial charge in [-0.05, 0) is 65.6 Å². The molecule has 10 rings (SSSR count). The average Bonchev–Trinajstić information content (AvgIpc) is 3.73. The first-order chi connectivity index (χ1) is 31.6. The molecule has 65 heavy (non-hydrogen) atoms. The molecule has 4 aromatic heterocycles. The normalized spacial score (nSPS) is 18.8. The molecule has 3 aliphatic rings. The largest absolute Gasteiger partial charge is 0.494 e. The summed E-state index contributed by atoms with van der Waals surface area (Å²) in [6.45, 7) is 4.28. The fourth-order valence-corrected chi connectivity index (χ4v) is 8.86. The Bertz CT molecular complexity index is 3050. The number of amides is 3. The summed E-state index contributed by atoms with van der Waals surface area (Å²) in [6, 6.07) is 24.7. The third-order valence-corrected chi connectivity index (χ3v) is 12.5. The molecule has 18 heteroatoms. The van der Waals surface area contributed by atoms with E-state index in [1.807, 2.05) is 48.7 Å². The number of aromatic nitrogens is 6. The number of carbonyl (C=O) groups is 3. The zero-order valence-corrected chi connectivity index (χ0v) is 36.0. The van der Waals surface area contributed by atoms with Crippen LogP contribution in [0.3, 0.4) is 0 Å². The molecule has 3 amide bonds. The van der Waals surface area contributed by atoms with Crippen LogP contribution < -0.4 is 36.6 Å². The number of aryl methyl sites for hydroxylation is 1. The molecular formula is C47H47FN12O5. The van der Waals surface area contributed by atoms with Crippen molar-refractivity contribution in [2.75, 3.05) is 55.9 Å². The van der Waals surface area contributed by atoms with Gasteiger partial charge in [-0.1, -0.05) is 30.3 Å². The van der Waals surface area contributed by atoms with E-state index in [1.165, 1.54) is 15.3 Å². The average molecular weight is 879 g/mol. The number of benzene rings is 3. The number of imide groups is 1. The molecule has 0 radical (unpaired) electrons. The van der Waals surface area contributed by atoms with Crippen molar-refractivity contribution >= 4 is 57.3 Å². The third kappa shape index (κ3) is 7.89. The molecule has 3 atom stereocenters. The first-order valence-corrected chi connectivity index (χ1v) is 21.6. The summed E-state index contributed by atoms with van der Waals surface area (Å²) in [5, 5.41) is 16.2. The number of alkyl halides is 1. The van der Waals surface area contributed by atoms with Crippen LogP contribution in [0.25, 0.3) is 39.1 Å². The Morgan fingerprint density at radius 1 is 0.908 bits per heavy atom. The monoisotopic (exact) mass is 878 g/mol. The van der Waals surface area contributed by atoms with E-state index in [0.29, 0.717) is 46.9 Å². The number of nitrogens with zero attached hydrogens (tertiary/aromatic N) is 8. The summed E-state index contributed by atoms with van der Waals surface area (Å²) < 4.78 is 24.0. The van der Waals surface area contributed by atoms with Crippen molar-refractivity contribution in [2.45, 2.75) is 44.1 Å². The first kappa shape index (κ1) is 41.4. The van der Waals surface area contributed by atoms with E-state index in [4.69, 9.17) is 9.72 Å². The van der Waals surface area contributed by atoms with Gasteiger partial charge in [-0.15, -0.1) is 5.10 Å². The van der Waals surface area contributed by atoms with Crippen LogP contribution in [-0.4, -0.2) is 104 Å². The minimum atomic E-state index is -1.03. The van der Waals surface area contributed by atoms with E-state index in [9.17, 15) is 23.6 Å². The number of methoxy groups -OCH3 is 1. The van der Waals surface area contributed by atoms with Gasteiger partial charge in [0, 0.05) is 83.2 Å². The van der Waals surface area contributed by atoms with Gasteiger partial charge in [0.15, 0.2) is 22.9 Å². The zero-order chi connectivity index (χ0) is 44.9. The third-order valence-electron chi connectivity index (χ3n) is 12.5. The minimum Gasteiger partial charge on any atom is -0.494 e. The van der Waals surface area contributed by atoms with Crippen molar-refractivity contribution in [1.29, 1.82) is 0 Å². The second kappa shape index (κ2) is 16.8. The van der Waals surface area contributed by atoms with Gasteiger partial charge in [0.2, 0.25) is 11.8 Å². The molecule has 17 nitrogen and oxygen atoms in total. The van der Waals surface area contributed by atoms with Crippen LogP contribution >= 0.6 is 0 Å². The number of para-hydroxylation sites is 1. The molecule has 1 aliphatic carbocycles. The summed E-state index contributed by atoms with van der Waals surface area (Å²) in [5.74, 6) is -0.197. The topological polar surface area (TPSA) is 185 Å². The van der Waals surface area contributed by atoms with Gasteiger partial charge in [-0.3, -0.25) is 38.7 Å². The number of piperidine rings is 1. The maximum absolute atomic E-state index is 13.5. The van der Waals surface area contributed by atoms with Gasteiger partial charge >= 0.3 is 5.69 Å². The maximum Gasteiger partial charge on any atom is 0.329 e. The second-order valence-electron chi connectivity index (χ2n) is 16.7. The molecule has 1 saturated carbocycles. The Balaban J connectivity index is 0.775. The Morgan fingerprint density at radius 2 is 1.69 bits per heavy atom. The van der Waals surface area contributed by atoms with Crippen LogP contribution in [0.5, 0.6) is 5.75 Å². The molecular weight excluding hydrogens is 832 g/mol. The van der Waals surface area contributed by atoms with Crippen molar-refractivity contribution < 1.29 is 23.5 Å². The highest BCUT2D eigenvalue weighted by Gasteiger charge is 2.39. The van der Waals surface area contributed by atoms with Gasteiger partial charge in [0.05, 0.1) is 47.5 Å². The van der Waals surface area contributed by atoms with Crippen LogP contribution in [0.2, 0.25) is 0 Å². The number of carbonyl (C=O) groups excluding carboxylic acids is 3. The number of nitrogens with one attached hydrogen (secondary N) is 4. The zero-order valence-electron chi connectivity index (χ0n) is 36.0. The Hall–Kier alpha value is -7.60. The highest BCUT2D eigenvalue weighted by Crippen LogP contribution is 2.38. The van der Waals surface area contributed by atoms with Gasteiger partial charge in [0.1, 0.15) is 12.2 Å². The summed E-state index contributed by atoms with van der Waals surface area (Å²) >= 11 is 0. The lowest BCUT2D eigenvalue weighted by Gasteiger charge is -2.36. The molecule has 6 heterocycles. The van der Waals surface area contributed by atoms with Crippen molar-refractivity contribution in [1.82, 2.24) is 44.2 Å². The summed E-state index contributed by atoms with van der Waals surface area (Å²) in [6.07, 6.45) is 3.10. The lowest BCUT2D eigenvalue weighted by Crippen LogP contribution is -2.45. The van der Waals surface area contributed by atoms with Crippen LogP contribution in [0.15, 0.2) is 96.1 Å². The SMILES string of the molecule is CNc1cc(Nc2cccc(-c3ccc(CN4CCN(c5ccc(-c6ccc7c(c6)n(C)c(=O)n7C6CCC(=O)NC6=O)cc5)CC4)cn3)c2OC)nn2c(C(=O)N[C@@H]3C[C@@H]3F)cnc12. The van der Waals surface area contributed by atoms with Crippen LogP contribution in [-0.2, 0) is 23.2 Å². The molecule has 0 spiro atoms. The summed E-state index contributed by atoms with van der Waals surface area (Å²) in [5.41, 5.74) is 8.80. The molecule has 3 aromatic carbocycles. The van der Waals surface area contributed by atoms with E-state index in [0.717, 1.165) is 71.9 Å². The highest BCUT2D eigenvalue weighted by molar-refractivity contribution is 6.00. The van der Waals surface area contributed by atoms with Gasteiger partial charge in [-0.25, -0.2) is 18.7 Å². The summed E-state index contributed by atoms with van der Waals surface area (Å²) in [7, 11) is 5.07. The van der Waals surface area contributed by atoms with E-state index in [2.05, 4.69) is 71.5 Å².